The van der Waals surface area contributed by atoms with Gasteiger partial charge in [-0.05, 0) is 13.3 Å². The fourth-order valence-corrected chi connectivity index (χ4v) is 0.558. The summed E-state index contributed by atoms with van der Waals surface area (Å²) < 4.78 is 0. The van der Waals surface area contributed by atoms with Gasteiger partial charge in [0.15, 0.2) is 0 Å². The zero-order valence-corrected chi connectivity index (χ0v) is 4.92. The molecule has 0 aliphatic carbocycles. The van der Waals surface area contributed by atoms with E-state index in [1.165, 1.54) is 0 Å². The molecule has 0 aromatic carbocycles. The third kappa shape index (κ3) is 4.35. The van der Waals surface area contributed by atoms with Gasteiger partial charge in [-0.15, -0.1) is 0 Å². The SMILES string of the molecule is [CH2]C([S])CCC. The van der Waals surface area contributed by atoms with Gasteiger partial charge in [-0.3, -0.25) is 0 Å². The van der Waals surface area contributed by atoms with Crippen LogP contribution in [0.5, 0.6) is 0 Å². The molecule has 0 aliphatic rings. The van der Waals surface area contributed by atoms with Gasteiger partial charge in [0.25, 0.3) is 0 Å². The molecule has 0 aromatic rings. The van der Waals surface area contributed by atoms with Crippen molar-refractivity contribution in [1.82, 2.24) is 0 Å². The average Bonchev–Trinajstić information content (AvgIpc) is 1.35. The summed E-state index contributed by atoms with van der Waals surface area (Å²) in [5, 5.41) is 0.231. The molecular formula is C5H10S. The van der Waals surface area contributed by atoms with Crippen molar-refractivity contribution in [3.63, 3.8) is 0 Å². The summed E-state index contributed by atoms with van der Waals surface area (Å²) in [6.07, 6.45) is 2.24. The number of hydrogen-bond acceptors (Lipinski definition) is 0. The molecule has 0 N–H and O–H groups in total. The maximum absolute atomic E-state index is 4.77. The summed E-state index contributed by atoms with van der Waals surface area (Å²) in [5.74, 6) is 0. The van der Waals surface area contributed by atoms with Crippen molar-refractivity contribution in [2.75, 3.05) is 0 Å². The van der Waals surface area contributed by atoms with Crippen LogP contribution in [0.25, 0.3) is 0 Å². The predicted molar refractivity (Wildman–Crippen MR) is 31.6 cm³/mol. The molecule has 1 atom stereocenters. The first-order chi connectivity index (χ1) is 2.77. The highest BCUT2D eigenvalue weighted by molar-refractivity contribution is 7.81. The minimum Gasteiger partial charge on any atom is -0.0904 e. The molecule has 0 nitrogen and oxygen atoms in total. The second-order valence-electron chi connectivity index (χ2n) is 1.41. The zero-order valence-electron chi connectivity index (χ0n) is 4.11. The van der Waals surface area contributed by atoms with E-state index in [4.69, 9.17) is 12.6 Å². The molecule has 0 aliphatic heterocycles. The standard InChI is InChI=1S/C5H10S/c1-3-4-5(2)6/h5H,2-4H2,1H3. The fourth-order valence-electron chi connectivity index (χ4n) is 0.322. The normalized spacial score (nSPS) is 14.5. The van der Waals surface area contributed by atoms with Crippen molar-refractivity contribution in [2.45, 2.75) is 25.0 Å². The summed E-state index contributed by atoms with van der Waals surface area (Å²) in [5.41, 5.74) is 0. The maximum Gasteiger partial charge on any atom is 0.0151 e. The second-order valence-corrected chi connectivity index (χ2v) is 2.08. The van der Waals surface area contributed by atoms with Crippen molar-refractivity contribution in [1.29, 1.82) is 0 Å². The molecule has 0 saturated carbocycles. The van der Waals surface area contributed by atoms with Crippen LogP contribution in [-0.4, -0.2) is 5.25 Å². The van der Waals surface area contributed by atoms with E-state index in [0.29, 0.717) is 0 Å². The largest absolute Gasteiger partial charge is 0.0904 e. The molecule has 1 unspecified atom stereocenters. The van der Waals surface area contributed by atoms with Gasteiger partial charge in [-0.1, -0.05) is 26.0 Å². The summed E-state index contributed by atoms with van der Waals surface area (Å²) in [6.45, 7) is 5.76. The minimum absolute atomic E-state index is 0.231. The molecule has 0 saturated heterocycles. The lowest BCUT2D eigenvalue weighted by atomic mass is 10.3. The first-order valence-electron chi connectivity index (χ1n) is 2.26. The van der Waals surface area contributed by atoms with Gasteiger partial charge in [-0.25, -0.2) is 0 Å². The Hall–Kier alpha value is 0.350. The van der Waals surface area contributed by atoms with Crippen LogP contribution in [-0.2, 0) is 0 Å². The van der Waals surface area contributed by atoms with Gasteiger partial charge in [-0.2, -0.15) is 0 Å². The smallest absolute Gasteiger partial charge is 0.0151 e. The lowest BCUT2D eigenvalue weighted by Gasteiger charge is -1.93. The molecule has 0 rings (SSSR count). The zero-order chi connectivity index (χ0) is 4.99. The van der Waals surface area contributed by atoms with Crippen LogP contribution in [0.4, 0.5) is 0 Å². The Morgan fingerprint density at radius 1 is 1.83 bits per heavy atom. The average molecular weight is 102 g/mol. The summed E-state index contributed by atoms with van der Waals surface area (Å²) >= 11 is 4.77. The Labute approximate surface area is 45.4 Å². The van der Waals surface area contributed by atoms with Gasteiger partial charge in [0, 0.05) is 5.25 Å². The Bertz CT molecular complexity index is 25.1. The van der Waals surface area contributed by atoms with Crippen LogP contribution < -0.4 is 0 Å². The minimum atomic E-state index is 0.231. The number of rotatable bonds is 2. The lowest BCUT2D eigenvalue weighted by Crippen LogP contribution is -1.86. The third-order valence-corrected chi connectivity index (χ3v) is 0.846. The molecule has 0 heterocycles. The topological polar surface area (TPSA) is 0 Å². The van der Waals surface area contributed by atoms with E-state index in [0.717, 1.165) is 12.8 Å². The first kappa shape index (κ1) is 6.35. The van der Waals surface area contributed by atoms with Gasteiger partial charge in [0.05, 0.1) is 0 Å². The predicted octanol–water partition coefficient (Wildman–Crippen LogP) is 2.19. The summed E-state index contributed by atoms with van der Waals surface area (Å²) in [4.78, 5) is 0. The van der Waals surface area contributed by atoms with Crippen LogP contribution in [0.3, 0.4) is 0 Å². The van der Waals surface area contributed by atoms with Crippen LogP contribution in [0.1, 0.15) is 19.8 Å². The molecular weight excluding hydrogens is 92.1 g/mol. The summed E-state index contributed by atoms with van der Waals surface area (Å²) in [7, 11) is 0. The van der Waals surface area contributed by atoms with Gasteiger partial charge < -0.3 is 0 Å². The molecule has 36 valence electrons. The van der Waals surface area contributed by atoms with E-state index in [-0.39, 0.29) is 5.25 Å². The monoisotopic (exact) mass is 102 g/mol. The highest BCUT2D eigenvalue weighted by atomic mass is 32.1. The van der Waals surface area contributed by atoms with E-state index >= 15 is 0 Å². The molecule has 0 fully saturated rings. The number of hydrogen-bond donors (Lipinski definition) is 0. The van der Waals surface area contributed by atoms with Gasteiger partial charge in [0.1, 0.15) is 0 Å². The molecule has 0 aromatic heterocycles. The van der Waals surface area contributed by atoms with E-state index in [2.05, 4.69) is 13.8 Å². The first-order valence-corrected chi connectivity index (χ1v) is 2.73. The lowest BCUT2D eigenvalue weighted by molar-refractivity contribution is 0.829. The molecule has 6 heavy (non-hydrogen) atoms. The van der Waals surface area contributed by atoms with Crippen molar-refractivity contribution in [3.05, 3.63) is 6.92 Å². The Balaban J connectivity index is 2.63. The summed E-state index contributed by atoms with van der Waals surface area (Å²) in [6, 6.07) is 0. The van der Waals surface area contributed by atoms with Crippen molar-refractivity contribution in [3.8, 4) is 0 Å². The van der Waals surface area contributed by atoms with Crippen LogP contribution in [0, 0.1) is 6.92 Å². The van der Waals surface area contributed by atoms with Crippen LogP contribution in [0.2, 0.25) is 0 Å². The quantitative estimate of drug-likeness (QED) is 0.501. The van der Waals surface area contributed by atoms with Crippen molar-refractivity contribution < 1.29 is 0 Å². The van der Waals surface area contributed by atoms with Crippen LogP contribution in [0.15, 0.2) is 0 Å². The third-order valence-electron chi connectivity index (χ3n) is 0.611. The van der Waals surface area contributed by atoms with Crippen LogP contribution >= 0.6 is 12.6 Å². The molecule has 2 radical (unpaired) electrons. The van der Waals surface area contributed by atoms with E-state index < -0.39 is 0 Å². The van der Waals surface area contributed by atoms with E-state index in [9.17, 15) is 0 Å². The highest BCUT2D eigenvalue weighted by Gasteiger charge is 1.88. The van der Waals surface area contributed by atoms with Crippen molar-refractivity contribution in [2.24, 2.45) is 0 Å². The second kappa shape index (κ2) is 3.54. The van der Waals surface area contributed by atoms with Crippen molar-refractivity contribution >= 4 is 12.6 Å². The van der Waals surface area contributed by atoms with E-state index in [1.54, 1.807) is 0 Å². The van der Waals surface area contributed by atoms with Gasteiger partial charge in [0.2, 0.25) is 0 Å². The molecule has 0 bridgehead atoms. The Kier molecular flexibility index (Phi) is 3.74. The van der Waals surface area contributed by atoms with E-state index in [1.807, 2.05) is 0 Å². The highest BCUT2D eigenvalue weighted by Crippen LogP contribution is 1.99. The molecule has 1 heteroatoms. The maximum atomic E-state index is 4.77. The molecule has 0 spiro atoms. The van der Waals surface area contributed by atoms with Gasteiger partial charge >= 0.3 is 0 Å². The molecule has 0 amide bonds. The fraction of sp³-hybridized carbons (Fsp3) is 0.800. The Morgan fingerprint density at radius 2 is 2.33 bits per heavy atom. The Morgan fingerprint density at radius 3 is 2.33 bits per heavy atom.